The lowest BCUT2D eigenvalue weighted by Gasteiger charge is -2.43. The van der Waals surface area contributed by atoms with Crippen molar-refractivity contribution < 1.29 is 31.2 Å². The van der Waals surface area contributed by atoms with Crippen molar-refractivity contribution in [1.29, 1.82) is 0 Å². The molecule has 4 aliphatic rings. The van der Waals surface area contributed by atoms with E-state index in [4.69, 9.17) is 10.5 Å². The van der Waals surface area contributed by atoms with Gasteiger partial charge in [-0.25, -0.2) is 4.79 Å². The van der Waals surface area contributed by atoms with E-state index in [1.165, 1.54) is 54.2 Å². The van der Waals surface area contributed by atoms with Crippen LogP contribution in [0.1, 0.15) is 70.4 Å². The van der Waals surface area contributed by atoms with Gasteiger partial charge in [0.05, 0.1) is 43.7 Å². The first-order valence-corrected chi connectivity index (χ1v) is 24.4. The highest BCUT2D eigenvalue weighted by atomic mass is 32.2. The molecule has 332 valence electrons. The number of anilines is 2. The zero-order valence-electron chi connectivity index (χ0n) is 35.5. The Kier molecular flexibility index (Phi) is 15.1. The van der Waals surface area contributed by atoms with Gasteiger partial charge in [-0.1, -0.05) is 85.6 Å². The molecule has 62 heavy (non-hydrogen) atoms. The number of hydrogen-bond acceptors (Lipinski definition) is 10. The number of methoxy groups -OCH3 is 1. The molecule has 0 atom stereocenters. The molecule has 0 bridgehead atoms. The highest BCUT2D eigenvalue weighted by molar-refractivity contribution is 7.90. The van der Waals surface area contributed by atoms with Crippen LogP contribution >= 0.6 is 0 Å². The zero-order valence-corrected chi connectivity index (χ0v) is 37.1. The average molecular weight is 886 g/mol. The Balaban J connectivity index is 0.000000186. The van der Waals surface area contributed by atoms with E-state index in [1.807, 2.05) is 60.7 Å². The normalized spacial score (nSPS) is 18.4. The number of Topliss-reactive ketones (excluding diaryl/α,β-unsaturated/α-hetero) is 1. The fraction of sp³-hybridized carbons (Fsp3) is 0.435. The highest BCUT2D eigenvalue weighted by Gasteiger charge is 2.37. The molecule has 0 spiro atoms. The Bertz CT molecular complexity index is 2130. The summed E-state index contributed by atoms with van der Waals surface area (Å²) in [6.45, 7) is 5.48. The van der Waals surface area contributed by atoms with Gasteiger partial charge in [0, 0.05) is 70.0 Å². The lowest BCUT2D eigenvalue weighted by molar-refractivity contribution is 0.0600. The maximum absolute atomic E-state index is 13.6. The second-order valence-corrected chi connectivity index (χ2v) is 20.0. The summed E-state index contributed by atoms with van der Waals surface area (Å²) in [5.41, 5.74) is 9.28. The van der Waals surface area contributed by atoms with Crippen LogP contribution in [0, 0.1) is 0 Å². The smallest absolute Gasteiger partial charge is 0.337 e. The van der Waals surface area contributed by atoms with Crippen LogP contribution in [-0.4, -0.2) is 125 Å². The minimum atomic E-state index is -3.70. The van der Waals surface area contributed by atoms with Crippen LogP contribution in [0.15, 0.2) is 109 Å². The van der Waals surface area contributed by atoms with Crippen molar-refractivity contribution in [2.24, 2.45) is 5.73 Å². The molecule has 4 fully saturated rings. The lowest BCUT2D eigenvalue weighted by Crippen LogP contribution is -2.56. The number of ether oxygens (including phenoxy) is 1. The number of carbonyl (C=O) groups excluding carboxylic acids is 2. The van der Waals surface area contributed by atoms with Crippen molar-refractivity contribution in [3.63, 3.8) is 0 Å². The summed E-state index contributed by atoms with van der Waals surface area (Å²) in [5, 5.41) is 0. The van der Waals surface area contributed by atoms with Gasteiger partial charge in [-0.05, 0) is 73.2 Å². The number of para-hydroxylation sites is 2. The monoisotopic (exact) mass is 885 g/mol. The summed E-state index contributed by atoms with van der Waals surface area (Å²) in [7, 11) is -6.05. The van der Waals surface area contributed by atoms with Crippen molar-refractivity contribution >= 4 is 43.5 Å². The number of nitrogens with two attached hydrogens (primary N) is 1. The number of rotatable bonds is 15. The number of hydrogen-bond donors (Lipinski definition) is 1. The molecule has 4 aromatic carbocycles. The standard InChI is InChI=1S/C23H30N4O3S.C23H29N3O4S/c24-17-23(28)20-11-9-19(10-12-20)18-27(22-5-2-1-3-6-22)31(29,30)26-15-13-25(14-16-26)21-7-4-8-21;1-30-23(27)20-12-10-19(11-13-20)18-26(22-6-3-2-4-7-22)31(28,29)25-16-14-24(15-17-25)21-8-5-9-21/h1-3,5-6,9-12,21H,4,7-8,13-18,24H2;2-4,6-7,10-13,21H,5,8-9,14-18H2,1H3. The van der Waals surface area contributed by atoms with Gasteiger partial charge < -0.3 is 10.5 Å². The van der Waals surface area contributed by atoms with Crippen molar-refractivity contribution in [2.45, 2.75) is 63.7 Å². The molecule has 4 aromatic rings. The van der Waals surface area contributed by atoms with Gasteiger partial charge in [-0.15, -0.1) is 0 Å². The lowest BCUT2D eigenvalue weighted by atomic mass is 9.91. The first-order chi connectivity index (χ1) is 30.0. The molecule has 2 saturated carbocycles. The minimum Gasteiger partial charge on any atom is -0.465 e. The molecule has 14 nitrogen and oxygen atoms in total. The largest absolute Gasteiger partial charge is 0.465 e. The zero-order chi connectivity index (χ0) is 43.7. The summed E-state index contributed by atoms with van der Waals surface area (Å²) in [4.78, 5) is 28.3. The molecular formula is C46H59N7O7S2. The summed E-state index contributed by atoms with van der Waals surface area (Å²) >= 11 is 0. The first kappa shape index (κ1) is 45.3. The molecule has 2 aliphatic carbocycles. The number of carbonyl (C=O) groups is 2. The van der Waals surface area contributed by atoms with Crippen molar-refractivity contribution in [3.8, 4) is 0 Å². The third kappa shape index (κ3) is 10.7. The van der Waals surface area contributed by atoms with Gasteiger partial charge in [0.15, 0.2) is 5.78 Å². The third-order valence-corrected chi connectivity index (χ3v) is 16.3. The second kappa shape index (κ2) is 20.7. The van der Waals surface area contributed by atoms with Crippen LogP contribution in [0.3, 0.4) is 0 Å². The van der Waals surface area contributed by atoms with Crippen LogP contribution < -0.4 is 14.3 Å². The second-order valence-electron chi connectivity index (χ2n) is 16.3. The van der Waals surface area contributed by atoms with Gasteiger partial charge in [-0.3, -0.25) is 23.2 Å². The molecule has 8 rings (SSSR count). The maximum atomic E-state index is 13.6. The number of ketones is 1. The molecule has 0 unspecified atom stereocenters. The molecular weight excluding hydrogens is 827 g/mol. The molecule has 0 amide bonds. The van der Waals surface area contributed by atoms with E-state index < -0.39 is 26.4 Å². The van der Waals surface area contributed by atoms with E-state index in [1.54, 1.807) is 57.1 Å². The Morgan fingerprint density at radius 2 is 0.935 bits per heavy atom. The van der Waals surface area contributed by atoms with E-state index in [0.717, 1.165) is 37.3 Å². The number of esters is 1. The van der Waals surface area contributed by atoms with Crippen LogP contribution in [0.25, 0.3) is 0 Å². The molecule has 2 aliphatic heterocycles. The number of benzene rings is 4. The van der Waals surface area contributed by atoms with Crippen molar-refractivity contribution in [2.75, 3.05) is 74.6 Å². The van der Waals surface area contributed by atoms with Crippen LogP contribution in [-0.2, 0) is 38.2 Å². The predicted octanol–water partition coefficient (Wildman–Crippen LogP) is 5.14. The topological polar surface area (TPSA) is 157 Å². The van der Waals surface area contributed by atoms with Gasteiger partial charge in [-0.2, -0.15) is 25.4 Å². The van der Waals surface area contributed by atoms with Crippen molar-refractivity contribution in [1.82, 2.24) is 18.4 Å². The van der Waals surface area contributed by atoms with E-state index in [2.05, 4.69) is 9.80 Å². The van der Waals surface area contributed by atoms with Crippen LogP contribution in [0.2, 0.25) is 0 Å². The quantitative estimate of drug-likeness (QED) is 0.125. The molecule has 2 saturated heterocycles. The van der Waals surface area contributed by atoms with Crippen LogP contribution in [0.5, 0.6) is 0 Å². The van der Waals surface area contributed by atoms with E-state index in [9.17, 15) is 26.4 Å². The molecule has 16 heteroatoms. The molecule has 0 aromatic heterocycles. The van der Waals surface area contributed by atoms with Gasteiger partial charge >= 0.3 is 26.4 Å². The fourth-order valence-electron chi connectivity index (χ4n) is 8.29. The van der Waals surface area contributed by atoms with Gasteiger partial charge in [0.25, 0.3) is 0 Å². The van der Waals surface area contributed by atoms with E-state index >= 15 is 0 Å². The third-order valence-electron chi connectivity index (χ3n) is 12.5. The molecule has 2 N–H and O–H groups in total. The highest BCUT2D eigenvalue weighted by Crippen LogP contribution is 2.30. The SMILES string of the molecule is COC(=O)c1ccc(CN(c2ccccc2)S(=O)(=O)N2CCN(C3CCC3)CC2)cc1.NCC(=O)c1ccc(CN(c2ccccc2)S(=O)(=O)N2CCN(C3CCC3)CC2)cc1. The van der Waals surface area contributed by atoms with Gasteiger partial charge in [0.1, 0.15) is 0 Å². The summed E-state index contributed by atoms with van der Waals surface area (Å²) in [6.07, 6.45) is 7.46. The minimum absolute atomic E-state index is 0.0449. The van der Waals surface area contributed by atoms with E-state index in [-0.39, 0.29) is 25.4 Å². The summed E-state index contributed by atoms with van der Waals surface area (Å²) in [6, 6.07) is 33.5. The van der Waals surface area contributed by atoms with E-state index in [0.29, 0.717) is 60.8 Å². The number of piperazine rings is 2. The fourth-order valence-corrected chi connectivity index (χ4v) is 11.5. The molecule has 0 radical (unpaired) electrons. The number of nitrogens with zero attached hydrogens (tertiary/aromatic N) is 6. The Labute approximate surface area is 367 Å². The predicted molar refractivity (Wildman–Crippen MR) is 242 cm³/mol. The average Bonchev–Trinajstić information content (AvgIpc) is 3.27. The Hall–Kier alpha value is -4.68. The first-order valence-electron chi connectivity index (χ1n) is 21.6. The summed E-state index contributed by atoms with van der Waals surface area (Å²) < 4.78 is 65.4. The maximum Gasteiger partial charge on any atom is 0.337 e. The van der Waals surface area contributed by atoms with Crippen molar-refractivity contribution in [3.05, 3.63) is 131 Å². The van der Waals surface area contributed by atoms with Crippen LogP contribution in [0.4, 0.5) is 11.4 Å². The Morgan fingerprint density at radius 3 is 1.26 bits per heavy atom. The summed E-state index contributed by atoms with van der Waals surface area (Å²) in [5.74, 6) is -0.549. The molecule has 2 heterocycles. The van der Waals surface area contributed by atoms with Gasteiger partial charge in [0.2, 0.25) is 0 Å². The Morgan fingerprint density at radius 1 is 0.565 bits per heavy atom.